The number of Topliss-reactive ketones (excluding diaryl/α,β-unsaturated/α-hetero) is 1. The summed E-state index contributed by atoms with van der Waals surface area (Å²) >= 11 is 0. The van der Waals surface area contributed by atoms with Gasteiger partial charge in [0.2, 0.25) is 11.5 Å². The third kappa shape index (κ3) is 4.85. The Morgan fingerprint density at radius 1 is 1.22 bits per heavy atom. The molecule has 2 aliphatic rings. The quantitative estimate of drug-likeness (QED) is 0.318. The predicted molar refractivity (Wildman–Crippen MR) is 134 cm³/mol. The van der Waals surface area contributed by atoms with Gasteiger partial charge in [-0.15, -0.1) is 5.10 Å². The van der Waals surface area contributed by atoms with Crippen molar-refractivity contribution in [1.82, 2.24) is 24.5 Å². The summed E-state index contributed by atoms with van der Waals surface area (Å²) in [5.41, 5.74) is 4.64. The average Bonchev–Trinajstić information content (AvgIpc) is 3.67. The summed E-state index contributed by atoms with van der Waals surface area (Å²) in [4.78, 5) is 34.6. The Kier molecular flexibility index (Phi) is 6.92. The Morgan fingerprint density at radius 2 is 1.98 bits per heavy atom. The number of ether oxygens (including phenoxy) is 1. The first-order chi connectivity index (χ1) is 19.3. The van der Waals surface area contributed by atoms with E-state index >= 15 is 0 Å². The number of nitrogens with zero attached hydrogens (tertiary/aromatic N) is 8. The molecule has 3 atom stereocenters. The number of hydrogen-bond acceptors (Lipinski definition) is 11. The predicted octanol–water partition coefficient (Wildman–Crippen LogP) is 2.23. The van der Waals surface area contributed by atoms with Crippen molar-refractivity contribution in [2.45, 2.75) is 31.3 Å². The zero-order valence-electron chi connectivity index (χ0n) is 21.6. The second-order valence-corrected chi connectivity index (χ2v) is 9.75. The molecular weight excluding hydrogens is 554 g/mol. The largest absolute Gasteiger partial charge is 0.480 e. The fourth-order valence-electron chi connectivity index (χ4n) is 4.77. The highest BCUT2D eigenvalue weighted by Gasteiger charge is 2.58. The molecule has 41 heavy (non-hydrogen) atoms. The number of likely N-dealkylation sites (tertiary alicyclic amines) is 1. The van der Waals surface area contributed by atoms with Crippen molar-refractivity contribution < 1.29 is 37.0 Å². The van der Waals surface area contributed by atoms with Gasteiger partial charge in [-0.2, -0.15) is 23.4 Å². The number of pyridine rings is 1. The molecule has 0 saturated carbocycles. The summed E-state index contributed by atoms with van der Waals surface area (Å²) in [5.74, 6) is -3.33. The topological polar surface area (TPSA) is 173 Å². The van der Waals surface area contributed by atoms with Crippen LogP contribution in [-0.4, -0.2) is 91.7 Å². The maximum atomic E-state index is 14.9. The molecule has 0 spiro atoms. The molecule has 0 bridgehead atoms. The fourth-order valence-corrected chi connectivity index (χ4v) is 4.77. The van der Waals surface area contributed by atoms with Crippen LogP contribution in [0.15, 0.2) is 40.1 Å². The number of carbonyl (C=O) groups excluding carboxylic acids is 2. The lowest BCUT2D eigenvalue weighted by Crippen LogP contribution is -2.55. The van der Waals surface area contributed by atoms with Gasteiger partial charge in [0.15, 0.2) is 11.6 Å². The molecule has 17 heteroatoms. The summed E-state index contributed by atoms with van der Waals surface area (Å²) in [6.45, 7) is -0.704. The van der Waals surface area contributed by atoms with E-state index in [1.807, 2.05) is 0 Å². The van der Waals surface area contributed by atoms with Crippen molar-refractivity contribution in [3.05, 3.63) is 35.8 Å². The summed E-state index contributed by atoms with van der Waals surface area (Å²) < 4.78 is 61.0. The number of halogens is 4. The molecule has 0 radical (unpaired) electrons. The Hall–Kier alpha value is -4.54. The SMILES string of the molecule is COc1ncc(-c2c(C3=NN=NC3)cc3c(N)ncnn23)cc1C(=O)C[C@@H]1CN(C(=O)[C@@](C)(O)C(F)(F)F)C[C@@H]1F. The molecule has 216 valence electrons. The van der Waals surface area contributed by atoms with Crippen LogP contribution in [0.3, 0.4) is 0 Å². The first kappa shape index (κ1) is 28.0. The lowest BCUT2D eigenvalue weighted by Gasteiger charge is -2.29. The van der Waals surface area contributed by atoms with Gasteiger partial charge >= 0.3 is 6.18 Å². The van der Waals surface area contributed by atoms with Crippen molar-refractivity contribution in [2.75, 3.05) is 32.5 Å². The lowest BCUT2D eigenvalue weighted by atomic mass is 9.95. The van der Waals surface area contributed by atoms with Gasteiger partial charge in [0.1, 0.15) is 24.6 Å². The molecule has 2 aliphatic heterocycles. The number of ketones is 1. The number of hydrogen-bond donors (Lipinski definition) is 2. The first-order valence-corrected chi connectivity index (χ1v) is 12.2. The standard InChI is InChI=1S/C24H23F4N9O4/c1-23(40,24(26,27)28)22(39)36-8-12(15(25)9-36)4-18(38)14-3-11(6-30-21(14)41-2)19-13(16-7-32-35-34-16)5-17-20(29)31-10-33-37(17)19/h3,5-6,10,12,15,40H,4,7-9H2,1-2H3,(H2,29,31,33)/t12-,15+,23-/m1/s1. The van der Waals surface area contributed by atoms with Crippen molar-refractivity contribution in [2.24, 2.45) is 21.4 Å². The van der Waals surface area contributed by atoms with Gasteiger partial charge in [0, 0.05) is 36.2 Å². The smallest absolute Gasteiger partial charge is 0.426 e. The number of fused-ring (bicyclic) bond motifs is 1. The number of nitrogen functional groups attached to an aromatic ring is 1. The minimum Gasteiger partial charge on any atom is -0.480 e. The Bertz CT molecular complexity index is 1600. The first-order valence-electron chi connectivity index (χ1n) is 12.2. The second-order valence-electron chi connectivity index (χ2n) is 9.75. The van der Waals surface area contributed by atoms with E-state index in [9.17, 15) is 32.3 Å². The average molecular weight is 577 g/mol. The number of methoxy groups -OCH3 is 1. The molecule has 0 aromatic carbocycles. The number of aliphatic hydroxyl groups is 1. The molecule has 5 heterocycles. The van der Waals surface area contributed by atoms with Gasteiger partial charge in [-0.25, -0.2) is 18.9 Å². The van der Waals surface area contributed by atoms with Gasteiger partial charge in [-0.1, -0.05) is 0 Å². The zero-order chi connectivity index (χ0) is 29.7. The minimum atomic E-state index is -5.26. The van der Waals surface area contributed by atoms with Crippen molar-refractivity contribution >= 4 is 28.7 Å². The van der Waals surface area contributed by atoms with Gasteiger partial charge in [-0.05, 0) is 24.3 Å². The summed E-state index contributed by atoms with van der Waals surface area (Å²) in [7, 11) is 1.29. The molecule has 1 fully saturated rings. The van der Waals surface area contributed by atoms with Crippen LogP contribution in [0.2, 0.25) is 0 Å². The van der Waals surface area contributed by atoms with Crippen LogP contribution in [-0.2, 0) is 4.79 Å². The monoisotopic (exact) mass is 577 g/mol. The van der Waals surface area contributed by atoms with E-state index in [-0.39, 0.29) is 23.8 Å². The lowest BCUT2D eigenvalue weighted by molar-refractivity contribution is -0.249. The maximum Gasteiger partial charge on any atom is 0.426 e. The Labute approximate surface area is 228 Å². The van der Waals surface area contributed by atoms with Crippen LogP contribution in [0.25, 0.3) is 16.8 Å². The van der Waals surface area contributed by atoms with E-state index in [1.165, 1.54) is 30.2 Å². The Morgan fingerprint density at radius 3 is 2.63 bits per heavy atom. The van der Waals surface area contributed by atoms with E-state index in [0.717, 1.165) is 0 Å². The van der Waals surface area contributed by atoms with Gasteiger partial charge in [0.05, 0.1) is 30.6 Å². The number of carbonyl (C=O) groups is 2. The number of amides is 1. The van der Waals surface area contributed by atoms with E-state index in [2.05, 4.69) is 30.5 Å². The third-order valence-corrected chi connectivity index (χ3v) is 7.05. The molecule has 1 amide bonds. The van der Waals surface area contributed by atoms with Crippen LogP contribution >= 0.6 is 0 Å². The van der Waals surface area contributed by atoms with Crippen LogP contribution in [0.1, 0.15) is 29.3 Å². The highest BCUT2D eigenvalue weighted by atomic mass is 19.4. The van der Waals surface area contributed by atoms with E-state index in [0.29, 0.717) is 39.9 Å². The number of alkyl halides is 4. The molecule has 1 saturated heterocycles. The summed E-state index contributed by atoms with van der Waals surface area (Å²) in [6.07, 6.45) is -4.86. The molecular formula is C24H23F4N9O4. The molecule has 0 aliphatic carbocycles. The summed E-state index contributed by atoms with van der Waals surface area (Å²) in [6, 6.07) is 3.15. The van der Waals surface area contributed by atoms with Crippen molar-refractivity contribution in [3.8, 4) is 17.1 Å². The van der Waals surface area contributed by atoms with E-state index in [4.69, 9.17) is 10.5 Å². The molecule has 3 aromatic rings. The molecule has 13 nitrogen and oxygen atoms in total. The van der Waals surface area contributed by atoms with E-state index in [1.54, 1.807) is 6.07 Å². The van der Waals surface area contributed by atoms with Crippen LogP contribution in [0.5, 0.6) is 5.88 Å². The zero-order valence-corrected chi connectivity index (χ0v) is 21.6. The Balaban J connectivity index is 1.46. The minimum absolute atomic E-state index is 0.0325. The maximum absolute atomic E-state index is 14.9. The molecule has 0 unspecified atom stereocenters. The third-order valence-electron chi connectivity index (χ3n) is 7.05. The van der Waals surface area contributed by atoms with Gasteiger partial charge < -0.3 is 20.5 Å². The number of aromatic nitrogens is 4. The molecule has 3 aromatic heterocycles. The highest BCUT2D eigenvalue weighted by Crippen LogP contribution is 2.36. The number of anilines is 1. The highest BCUT2D eigenvalue weighted by molar-refractivity contribution is 6.09. The van der Waals surface area contributed by atoms with Crippen LogP contribution in [0.4, 0.5) is 23.4 Å². The summed E-state index contributed by atoms with van der Waals surface area (Å²) in [5, 5.41) is 25.5. The fraction of sp³-hybridized carbons (Fsp3) is 0.417. The second kappa shape index (κ2) is 10.1. The van der Waals surface area contributed by atoms with Gasteiger partial charge in [-0.3, -0.25) is 9.59 Å². The van der Waals surface area contributed by atoms with Crippen molar-refractivity contribution in [1.29, 1.82) is 0 Å². The van der Waals surface area contributed by atoms with Gasteiger partial charge in [0.25, 0.3) is 5.91 Å². The molecule has 3 N–H and O–H groups in total. The van der Waals surface area contributed by atoms with E-state index < -0.39 is 55.1 Å². The van der Waals surface area contributed by atoms with Crippen LogP contribution in [0, 0.1) is 5.92 Å². The number of rotatable bonds is 7. The normalized spacial score (nSPS) is 20.4. The number of nitrogens with two attached hydrogens (primary N) is 1. The van der Waals surface area contributed by atoms with Crippen molar-refractivity contribution in [3.63, 3.8) is 0 Å². The molecule has 5 rings (SSSR count). The van der Waals surface area contributed by atoms with Crippen LogP contribution < -0.4 is 10.5 Å².